The lowest BCUT2D eigenvalue weighted by molar-refractivity contribution is -0.119. The molecular weight excluding hydrogens is 410 g/mol. The molecule has 0 radical (unpaired) electrons. The molecule has 1 amide bonds. The first kappa shape index (κ1) is 19.3. The van der Waals surface area contributed by atoms with Crippen LogP contribution in [0.3, 0.4) is 0 Å². The Bertz CT molecular complexity index is 1150. The van der Waals surface area contributed by atoms with Gasteiger partial charge in [0.15, 0.2) is 6.61 Å². The van der Waals surface area contributed by atoms with Gasteiger partial charge in [-0.15, -0.1) is 11.8 Å². The summed E-state index contributed by atoms with van der Waals surface area (Å²) in [7, 11) is 0. The molecule has 0 bridgehead atoms. The molecule has 1 aliphatic rings. The van der Waals surface area contributed by atoms with E-state index in [9.17, 15) is 14.9 Å². The summed E-state index contributed by atoms with van der Waals surface area (Å²) in [6.45, 7) is -0.479. The monoisotopic (exact) mass is 425 g/mol. The molecule has 1 saturated carbocycles. The number of anilines is 1. The zero-order chi connectivity index (χ0) is 20.4. The van der Waals surface area contributed by atoms with E-state index < -0.39 is 18.5 Å². The number of nitrogens with zero attached hydrogens (tertiary/aromatic N) is 4. The number of thioether (sulfide) groups is 1. The number of hydrogen-bond acceptors (Lipinski definition) is 9. The van der Waals surface area contributed by atoms with Crippen LogP contribution in [0.5, 0.6) is 0 Å². The first-order valence-corrected chi connectivity index (χ1v) is 10.7. The van der Waals surface area contributed by atoms with Crippen molar-refractivity contribution in [2.45, 2.75) is 23.8 Å². The second-order valence-electron chi connectivity index (χ2n) is 6.43. The smallest absolute Gasteiger partial charge is 0.340 e. The van der Waals surface area contributed by atoms with Gasteiger partial charge in [-0.2, -0.15) is 14.0 Å². The van der Waals surface area contributed by atoms with Gasteiger partial charge in [-0.3, -0.25) is 4.79 Å². The van der Waals surface area contributed by atoms with Gasteiger partial charge in [-0.25, -0.2) is 9.78 Å². The highest BCUT2D eigenvalue weighted by atomic mass is 32.2. The first-order chi connectivity index (χ1) is 14.1. The van der Waals surface area contributed by atoms with Crippen LogP contribution in [0, 0.1) is 11.3 Å². The van der Waals surface area contributed by atoms with E-state index in [0.717, 1.165) is 30.3 Å². The standard InChI is InChI=1S/C19H15N5O3S2/c1-28-18-12(8-20)11(7-15(22-18)10-5-6-10)19(26)27-9-16(25)21-13-3-2-4-14-17(13)24-29-23-14/h2-4,7,10H,5-6,9H2,1H3,(H,21,25). The number of rotatable bonds is 6. The third-order valence-electron chi connectivity index (χ3n) is 4.42. The minimum absolute atomic E-state index is 0.146. The van der Waals surface area contributed by atoms with E-state index in [2.05, 4.69) is 19.0 Å². The molecule has 2 heterocycles. The van der Waals surface area contributed by atoms with Crippen LogP contribution in [-0.4, -0.2) is 38.5 Å². The maximum Gasteiger partial charge on any atom is 0.340 e. The minimum Gasteiger partial charge on any atom is -0.452 e. The molecule has 2 aromatic heterocycles. The van der Waals surface area contributed by atoms with Gasteiger partial charge in [0.25, 0.3) is 5.91 Å². The number of nitrogens with one attached hydrogen (secondary N) is 1. The summed E-state index contributed by atoms with van der Waals surface area (Å²) in [5, 5.41) is 12.6. The zero-order valence-electron chi connectivity index (χ0n) is 15.3. The molecule has 146 valence electrons. The summed E-state index contributed by atoms with van der Waals surface area (Å²) >= 11 is 2.36. The number of carbonyl (C=O) groups is 2. The first-order valence-electron chi connectivity index (χ1n) is 8.78. The molecule has 1 N–H and O–H groups in total. The van der Waals surface area contributed by atoms with Crippen molar-refractivity contribution in [3.8, 4) is 6.07 Å². The van der Waals surface area contributed by atoms with Crippen molar-refractivity contribution in [3.63, 3.8) is 0 Å². The summed E-state index contributed by atoms with van der Waals surface area (Å²) in [5.41, 5.74) is 2.86. The molecule has 0 spiro atoms. The third kappa shape index (κ3) is 4.06. The Labute approximate surface area is 174 Å². The van der Waals surface area contributed by atoms with Crippen molar-refractivity contribution in [2.24, 2.45) is 0 Å². The van der Waals surface area contributed by atoms with Crippen molar-refractivity contribution in [1.29, 1.82) is 5.26 Å². The number of esters is 1. The summed E-state index contributed by atoms with van der Waals surface area (Å²) in [4.78, 5) is 29.4. The van der Waals surface area contributed by atoms with Gasteiger partial charge in [0.2, 0.25) is 0 Å². The van der Waals surface area contributed by atoms with E-state index in [1.807, 2.05) is 6.07 Å². The summed E-state index contributed by atoms with van der Waals surface area (Å²) in [6.07, 6.45) is 3.83. The Morgan fingerprint density at radius 1 is 1.38 bits per heavy atom. The number of amides is 1. The van der Waals surface area contributed by atoms with Gasteiger partial charge >= 0.3 is 5.97 Å². The van der Waals surface area contributed by atoms with Crippen LogP contribution in [0.2, 0.25) is 0 Å². The largest absolute Gasteiger partial charge is 0.452 e. The molecule has 0 aliphatic heterocycles. The lowest BCUT2D eigenvalue weighted by Crippen LogP contribution is -2.21. The predicted octanol–water partition coefficient (Wildman–Crippen LogP) is 3.35. The average Bonchev–Trinajstić information content (AvgIpc) is 3.47. The zero-order valence-corrected chi connectivity index (χ0v) is 17.0. The maximum absolute atomic E-state index is 12.6. The SMILES string of the molecule is CSc1nc(C2CC2)cc(C(=O)OCC(=O)Nc2cccc3nsnc23)c1C#N. The highest BCUT2D eigenvalue weighted by Gasteiger charge is 2.29. The predicted molar refractivity (Wildman–Crippen MR) is 109 cm³/mol. The normalized spacial score (nSPS) is 13.1. The number of nitriles is 1. The maximum atomic E-state index is 12.6. The van der Waals surface area contributed by atoms with Crippen LogP contribution in [0.1, 0.15) is 40.4 Å². The Hall–Kier alpha value is -3.03. The van der Waals surface area contributed by atoms with Gasteiger partial charge in [-0.05, 0) is 37.3 Å². The molecule has 0 unspecified atom stereocenters. The summed E-state index contributed by atoms with van der Waals surface area (Å²) in [6, 6.07) is 8.89. The van der Waals surface area contributed by atoms with Crippen molar-refractivity contribution < 1.29 is 14.3 Å². The molecular formula is C19H15N5O3S2. The van der Waals surface area contributed by atoms with Gasteiger partial charge < -0.3 is 10.1 Å². The number of pyridine rings is 1. The Balaban J connectivity index is 1.48. The summed E-state index contributed by atoms with van der Waals surface area (Å²) < 4.78 is 13.5. The molecule has 8 nitrogen and oxygen atoms in total. The van der Waals surface area contributed by atoms with E-state index >= 15 is 0 Å². The molecule has 1 aliphatic carbocycles. The topological polar surface area (TPSA) is 118 Å². The van der Waals surface area contributed by atoms with E-state index in [0.29, 0.717) is 27.7 Å². The summed E-state index contributed by atoms with van der Waals surface area (Å²) in [5.74, 6) is -0.903. The van der Waals surface area contributed by atoms with Crippen molar-refractivity contribution >= 4 is 52.1 Å². The number of benzene rings is 1. The second-order valence-corrected chi connectivity index (χ2v) is 7.75. The van der Waals surface area contributed by atoms with Gasteiger partial charge in [0.05, 0.1) is 28.5 Å². The fourth-order valence-corrected chi connectivity index (χ4v) is 3.95. The number of carbonyl (C=O) groups excluding carboxylic acids is 2. The quantitative estimate of drug-likeness (QED) is 0.472. The van der Waals surface area contributed by atoms with Gasteiger partial charge in [0, 0.05) is 11.6 Å². The highest BCUT2D eigenvalue weighted by Crippen LogP contribution is 2.40. The van der Waals surface area contributed by atoms with Crippen molar-refractivity contribution in [1.82, 2.24) is 13.7 Å². The van der Waals surface area contributed by atoms with Crippen LogP contribution in [0.15, 0.2) is 29.3 Å². The Morgan fingerprint density at radius 3 is 2.93 bits per heavy atom. The molecule has 10 heteroatoms. The second kappa shape index (κ2) is 8.14. The van der Waals surface area contributed by atoms with E-state index in [1.54, 1.807) is 30.5 Å². The molecule has 0 atom stereocenters. The number of fused-ring (bicyclic) bond motifs is 1. The van der Waals surface area contributed by atoms with Crippen LogP contribution < -0.4 is 5.32 Å². The lowest BCUT2D eigenvalue weighted by atomic mass is 10.1. The fourth-order valence-electron chi connectivity index (χ4n) is 2.85. The van der Waals surface area contributed by atoms with Crippen molar-refractivity contribution in [3.05, 3.63) is 41.1 Å². The molecule has 0 saturated heterocycles. The van der Waals surface area contributed by atoms with E-state index in [1.165, 1.54) is 11.8 Å². The lowest BCUT2D eigenvalue weighted by Gasteiger charge is -2.11. The molecule has 1 aromatic carbocycles. The van der Waals surface area contributed by atoms with Crippen LogP contribution in [0.4, 0.5) is 5.69 Å². The highest BCUT2D eigenvalue weighted by molar-refractivity contribution is 7.98. The number of ether oxygens (including phenoxy) is 1. The van der Waals surface area contributed by atoms with E-state index in [-0.39, 0.29) is 11.1 Å². The number of aromatic nitrogens is 3. The third-order valence-corrected chi connectivity index (χ3v) is 5.65. The molecule has 3 aromatic rings. The molecule has 1 fully saturated rings. The number of hydrogen-bond donors (Lipinski definition) is 1. The van der Waals surface area contributed by atoms with Gasteiger partial charge in [-0.1, -0.05) is 6.07 Å². The van der Waals surface area contributed by atoms with Crippen LogP contribution in [-0.2, 0) is 9.53 Å². The Morgan fingerprint density at radius 2 is 2.21 bits per heavy atom. The van der Waals surface area contributed by atoms with Gasteiger partial charge in [0.1, 0.15) is 22.1 Å². The van der Waals surface area contributed by atoms with Crippen LogP contribution in [0.25, 0.3) is 11.0 Å². The van der Waals surface area contributed by atoms with Crippen LogP contribution >= 0.6 is 23.5 Å². The fraction of sp³-hybridized carbons (Fsp3) is 0.263. The minimum atomic E-state index is -0.718. The van der Waals surface area contributed by atoms with Crippen molar-refractivity contribution in [2.75, 3.05) is 18.2 Å². The Kier molecular flexibility index (Phi) is 5.42. The van der Waals surface area contributed by atoms with E-state index in [4.69, 9.17) is 4.74 Å². The molecule has 29 heavy (non-hydrogen) atoms. The molecule has 4 rings (SSSR count). The average molecular weight is 425 g/mol.